The Balaban J connectivity index is 2.06. The SMILES string of the molecule is COc1cccc(OC)c1Oc1cc2c(cc1Cl)C=C(C(=O)O)C(C(F)(F)F)O2. The third kappa shape index (κ3) is 4.04. The van der Waals surface area contributed by atoms with Gasteiger partial charge in [-0.15, -0.1) is 0 Å². The summed E-state index contributed by atoms with van der Waals surface area (Å²) in [7, 11) is 2.82. The fourth-order valence-corrected chi connectivity index (χ4v) is 2.93. The number of para-hydroxylation sites is 1. The van der Waals surface area contributed by atoms with Crippen LogP contribution in [0.5, 0.6) is 28.7 Å². The van der Waals surface area contributed by atoms with Crippen LogP contribution in [-0.4, -0.2) is 37.6 Å². The number of carboxylic acid groups (broad SMARTS) is 1. The Hall–Kier alpha value is -3.07. The van der Waals surface area contributed by atoms with E-state index in [1.807, 2.05) is 0 Å². The van der Waals surface area contributed by atoms with E-state index in [1.54, 1.807) is 18.2 Å². The summed E-state index contributed by atoms with van der Waals surface area (Å²) in [5.41, 5.74) is -0.867. The van der Waals surface area contributed by atoms with Gasteiger partial charge in [-0.05, 0) is 24.3 Å². The number of methoxy groups -OCH3 is 2. The van der Waals surface area contributed by atoms with E-state index in [2.05, 4.69) is 0 Å². The van der Waals surface area contributed by atoms with Gasteiger partial charge >= 0.3 is 12.1 Å². The van der Waals surface area contributed by atoms with Crippen LogP contribution in [0, 0.1) is 0 Å². The van der Waals surface area contributed by atoms with Gasteiger partial charge in [0.15, 0.2) is 11.5 Å². The maximum atomic E-state index is 13.3. The lowest BCUT2D eigenvalue weighted by Crippen LogP contribution is -2.40. The lowest BCUT2D eigenvalue weighted by atomic mass is 10.0. The van der Waals surface area contributed by atoms with Gasteiger partial charge in [-0.3, -0.25) is 0 Å². The van der Waals surface area contributed by atoms with Crippen molar-refractivity contribution in [3.05, 3.63) is 46.5 Å². The fourth-order valence-electron chi connectivity index (χ4n) is 2.72. The van der Waals surface area contributed by atoms with E-state index < -0.39 is 23.8 Å². The molecular formula is C19H14ClF3O6. The van der Waals surface area contributed by atoms with Gasteiger partial charge in [0.1, 0.15) is 11.5 Å². The summed E-state index contributed by atoms with van der Waals surface area (Å²) in [6.07, 6.45) is -6.67. The van der Waals surface area contributed by atoms with E-state index >= 15 is 0 Å². The summed E-state index contributed by atoms with van der Waals surface area (Å²) in [4.78, 5) is 11.2. The van der Waals surface area contributed by atoms with Crippen LogP contribution in [-0.2, 0) is 4.79 Å². The number of hydrogen-bond donors (Lipinski definition) is 1. The molecule has 0 aliphatic carbocycles. The molecule has 0 amide bonds. The van der Waals surface area contributed by atoms with E-state index in [0.29, 0.717) is 11.5 Å². The molecule has 1 unspecified atom stereocenters. The van der Waals surface area contributed by atoms with Crippen molar-refractivity contribution in [3.8, 4) is 28.7 Å². The average molecular weight is 431 g/mol. The summed E-state index contributed by atoms with van der Waals surface area (Å²) in [5.74, 6) is -1.23. The number of halogens is 4. The van der Waals surface area contributed by atoms with Crippen LogP contribution >= 0.6 is 11.6 Å². The molecule has 6 nitrogen and oxygen atoms in total. The molecule has 3 rings (SSSR count). The number of rotatable bonds is 5. The smallest absolute Gasteiger partial charge is 0.430 e. The normalized spacial score (nSPS) is 15.7. The molecular weight excluding hydrogens is 417 g/mol. The second kappa shape index (κ2) is 7.75. The maximum Gasteiger partial charge on any atom is 0.430 e. The predicted octanol–water partition coefficient (Wildman–Crippen LogP) is 4.94. The number of alkyl halides is 3. The van der Waals surface area contributed by atoms with Crippen molar-refractivity contribution in [2.24, 2.45) is 0 Å². The molecule has 1 atom stereocenters. The first-order chi connectivity index (χ1) is 13.7. The minimum Gasteiger partial charge on any atom is -0.493 e. The van der Waals surface area contributed by atoms with Crippen LogP contribution in [0.1, 0.15) is 5.56 Å². The van der Waals surface area contributed by atoms with E-state index in [-0.39, 0.29) is 27.8 Å². The minimum atomic E-state index is -4.92. The summed E-state index contributed by atoms with van der Waals surface area (Å²) in [6.45, 7) is 0. The molecule has 1 N–H and O–H groups in total. The second-order valence-electron chi connectivity index (χ2n) is 5.86. The van der Waals surface area contributed by atoms with E-state index in [9.17, 15) is 18.0 Å². The van der Waals surface area contributed by atoms with Crippen molar-refractivity contribution in [2.45, 2.75) is 12.3 Å². The number of aliphatic carboxylic acids is 1. The Labute approximate surface area is 168 Å². The molecule has 154 valence electrons. The standard InChI is InChI=1S/C19H14ClF3O6/c1-26-12-4-3-5-13(27-2)16(12)28-15-8-14-9(7-11(15)20)6-10(18(24)25)17(29-14)19(21,22)23/h3-8,17H,1-2H3,(H,24,25). The van der Waals surface area contributed by atoms with Gasteiger partial charge in [-0.2, -0.15) is 13.2 Å². The molecule has 0 saturated heterocycles. The Morgan fingerprint density at radius 2 is 1.76 bits per heavy atom. The monoisotopic (exact) mass is 430 g/mol. The summed E-state index contributed by atoms with van der Waals surface area (Å²) < 4.78 is 60.9. The summed E-state index contributed by atoms with van der Waals surface area (Å²) in [5, 5.41) is 9.12. The highest BCUT2D eigenvalue weighted by Crippen LogP contribution is 2.46. The molecule has 29 heavy (non-hydrogen) atoms. The third-order valence-corrected chi connectivity index (χ3v) is 4.34. The second-order valence-corrected chi connectivity index (χ2v) is 6.27. The fraction of sp³-hybridized carbons (Fsp3) is 0.211. The summed E-state index contributed by atoms with van der Waals surface area (Å²) >= 11 is 6.19. The van der Waals surface area contributed by atoms with Crippen LogP contribution in [0.4, 0.5) is 13.2 Å². The molecule has 1 aliphatic heterocycles. The molecule has 0 saturated carbocycles. The van der Waals surface area contributed by atoms with E-state index in [0.717, 1.165) is 12.1 Å². The molecule has 0 radical (unpaired) electrons. The molecule has 1 heterocycles. The van der Waals surface area contributed by atoms with Gasteiger partial charge in [-0.1, -0.05) is 17.7 Å². The number of ether oxygens (including phenoxy) is 4. The van der Waals surface area contributed by atoms with Crippen molar-refractivity contribution < 1.29 is 42.0 Å². The van der Waals surface area contributed by atoms with Gasteiger partial charge in [0.2, 0.25) is 11.9 Å². The molecule has 1 aliphatic rings. The number of benzene rings is 2. The first-order valence-corrected chi connectivity index (χ1v) is 8.44. The molecule has 0 aromatic heterocycles. The zero-order valence-electron chi connectivity index (χ0n) is 15.0. The van der Waals surface area contributed by atoms with Gasteiger partial charge in [-0.25, -0.2) is 4.79 Å². The molecule has 2 aromatic carbocycles. The van der Waals surface area contributed by atoms with Crippen molar-refractivity contribution >= 4 is 23.6 Å². The Bertz CT molecular complexity index is 964. The molecule has 10 heteroatoms. The van der Waals surface area contributed by atoms with Crippen LogP contribution in [0.3, 0.4) is 0 Å². The molecule has 2 aromatic rings. The first kappa shape index (κ1) is 20.7. The van der Waals surface area contributed by atoms with Crippen molar-refractivity contribution in [1.82, 2.24) is 0 Å². The number of hydrogen-bond acceptors (Lipinski definition) is 5. The van der Waals surface area contributed by atoms with E-state index in [1.165, 1.54) is 20.3 Å². The highest BCUT2D eigenvalue weighted by atomic mass is 35.5. The van der Waals surface area contributed by atoms with Crippen LogP contribution < -0.4 is 18.9 Å². The Morgan fingerprint density at radius 3 is 2.28 bits per heavy atom. The van der Waals surface area contributed by atoms with Gasteiger partial charge < -0.3 is 24.1 Å². The van der Waals surface area contributed by atoms with Crippen LogP contribution in [0.2, 0.25) is 5.02 Å². The van der Waals surface area contributed by atoms with Crippen LogP contribution in [0.25, 0.3) is 6.08 Å². The summed E-state index contributed by atoms with van der Waals surface area (Å²) in [6, 6.07) is 7.26. The highest BCUT2D eigenvalue weighted by molar-refractivity contribution is 6.32. The van der Waals surface area contributed by atoms with Crippen LogP contribution in [0.15, 0.2) is 35.9 Å². The van der Waals surface area contributed by atoms with Gasteiger partial charge in [0, 0.05) is 11.6 Å². The quantitative estimate of drug-likeness (QED) is 0.724. The number of carbonyl (C=O) groups is 1. The lowest BCUT2D eigenvalue weighted by molar-refractivity contribution is -0.187. The topological polar surface area (TPSA) is 74.2 Å². The van der Waals surface area contributed by atoms with Crippen molar-refractivity contribution in [1.29, 1.82) is 0 Å². The Kier molecular flexibility index (Phi) is 5.52. The predicted molar refractivity (Wildman–Crippen MR) is 97.2 cm³/mol. The zero-order valence-corrected chi connectivity index (χ0v) is 15.8. The largest absolute Gasteiger partial charge is 0.493 e. The zero-order chi connectivity index (χ0) is 21.3. The average Bonchev–Trinajstić information content (AvgIpc) is 2.66. The lowest BCUT2D eigenvalue weighted by Gasteiger charge is -2.27. The van der Waals surface area contributed by atoms with E-state index in [4.69, 9.17) is 35.7 Å². The first-order valence-electron chi connectivity index (χ1n) is 8.06. The van der Waals surface area contributed by atoms with Crippen molar-refractivity contribution in [2.75, 3.05) is 14.2 Å². The number of fused-ring (bicyclic) bond motifs is 1. The molecule has 0 bridgehead atoms. The highest BCUT2D eigenvalue weighted by Gasteiger charge is 2.48. The maximum absolute atomic E-state index is 13.3. The van der Waals surface area contributed by atoms with Gasteiger partial charge in [0.25, 0.3) is 0 Å². The Morgan fingerprint density at radius 1 is 1.14 bits per heavy atom. The molecule has 0 spiro atoms. The number of carboxylic acids is 1. The minimum absolute atomic E-state index is 0.0201. The van der Waals surface area contributed by atoms with Crippen molar-refractivity contribution in [3.63, 3.8) is 0 Å². The molecule has 0 fully saturated rings. The van der Waals surface area contributed by atoms with Gasteiger partial charge in [0.05, 0.1) is 24.8 Å². The third-order valence-electron chi connectivity index (χ3n) is 4.04.